The summed E-state index contributed by atoms with van der Waals surface area (Å²) in [6, 6.07) is 6.51. The Hall–Kier alpha value is -1.93. The van der Waals surface area contributed by atoms with Crippen LogP contribution in [0, 0.1) is 5.82 Å². The van der Waals surface area contributed by atoms with Crippen molar-refractivity contribution >= 4 is 17.7 Å². The van der Waals surface area contributed by atoms with E-state index in [0.29, 0.717) is 10.9 Å². The number of hydrogen-bond acceptors (Lipinski definition) is 5. The number of thioether (sulfide) groups is 1. The van der Waals surface area contributed by atoms with Gasteiger partial charge >= 0.3 is 0 Å². The minimum Gasteiger partial charge on any atom is -0.342 e. The molecule has 4 rings (SSSR count). The highest BCUT2D eigenvalue weighted by Gasteiger charge is 2.26. The van der Waals surface area contributed by atoms with Crippen LogP contribution in [-0.4, -0.2) is 62.4 Å². The molecular weight excluding hydrogens is 389 g/mol. The van der Waals surface area contributed by atoms with Crippen molar-refractivity contribution < 1.29 is 9.18 Å². The van der Waals surface area contributed by atoms with Crippen molar-refractivity contribution in [2.24, 2.45) is 0 Å². The number of halogens is 1. The first kappa shape index (κ1) is 20.3. The molecule has 8 heteroatoms. The van der Waals surface area contributed by atoms with Crippen LogP contribution in [0.4, 0.5) is 4.39 Å². The first-order valence-electron chi connectivity index (χ1n) is 10.5. The van der Waals surface area contributed by atoms with Gasteiger partial charge in [-0.2, -0.15) is 0 Å². The third-order valence-corrected chi connectivity index (χ3v) is 6.75. The van der Waals surface area contributed by atoms with Crippen LogP contribution in [0.1, 0.15) is 50.9 Å². The van der Waals surface area contributed by atoms with Gasteiger partial charge in [0, 0.05) is 18.8 Å². The largest absolute Gasteiger partial charge is 0.342 e. The van der Waals surface area contributed by atoms with Crippen molar-refractivity contribution in [1.29, 1.82) is 0 Å². The third kappa shape index (κ3) is 4.64. The molecule has 0 bridgehead atoms. The fourth-order valence-corrected chi connectivity index (χ4v) is 4.99. The molecule has 0 radical (unpaired) electrons. The van der Waals surface area contributed by atoms with Crippen LogP contribution in [0.15, 0.2) is 29.4 Å². The number of hydrogen-bond donors (Lipinski definition) is 0. The lowest BCUT2D eigenvalue weighted by molar-refractivity contribution is -0.127. The smallest absolute Gasteiger partial charge is 0.233 e. The number of carbonyl (C=O) groups excluding carboxylic acids is 1. The van der Waals surface area contributed by atoms with Crippen molar-refractivity contribution in [2.45, 2.75) is 50.2 Å². The molecule has 156 valence electrons. The minimum atomic E-state index is -0.272. The monoisotopic (exact) mass is 417 g/mol. The SMILES string of the molecule is CC(c1nnc(SCC(=O)N2CCCC2)n1-c1ccc(F)cc1)N1CCCCC1. The van der Waals surface area contributed by atoms with Crippen LogP contribution in [0.3, 0.4) is 0 Å². The van der Waals surface area contributed by atoms with E-state index in [4.69, 9.17) is 0 Å². The van der Waals surface area contributed by atoms with Gasteiger partial charge in [0.1, 0.15) is 5.82 Å². The molecule has 1 unspecified atom stereocenters. The summed E-state index contributed by atoms with van der Waals surface area (Å²) in [5, 5.41) is 9.59. The normalized spacial score (nSPS) is 18.9. The van der Waals surface area contributed by atoms with Gasteiger partial charge in [-0.3, -0.25) is 14.3 Å². The molecule has 1 aromatic carbocycles. The number of likely N-dealkylation sites (tertiary alicyclic amines) is 2. The van der Waals surface area contributed by atoms with Gasteiger partial charge in [-0.25, -0.2) is 4.39 Å². The van der Waals surface area contributed by atoms with Gasteiger partial charge in [-0.05, 0) is 70.0 Å². The molecule has 3 heterocycles. The molecule has 6 nitrogen and oxygen atoms in total. The minimum absolute atomic E-state index is 0.108. The van der Waals surface area contributed by atoms with Gasteiger partial charge in [0.15, 0.2) is 11.0 Å². The molecule has 2 aliphatic heterocycles. The molecule has 1 aromatic heterocycles. The van der Waals surface area contributed by atoms with E-state index in [2.05, 4.69) is 22.0 Å². The molecule has 2 saturated heterocycles. The predicted octanol–water partition coefficient (Wildman–Crippen LogP) is 3.67. The maximum atomic E-state index is 13.5. The number of aromatic nitrogens is 3. The average molecular weight is 418 g/mol. The van der Waals surface area contributed by atoms with E-state index in [1.54, 1.807) is 12.1 Å². The van der Waals surface area contributed by atoms with E-state index in [1.807, 2.05) is 9.47 Å². The van der Waals surface area contributed by atoms with E-state index in [1.165, 1.54) is 43.2 Å². The van der Waals surface area contributed by atoms with Crippen LogP contribution in [-0.2, 0) is 4.79 Å². The Morgan fingerprint density at radius 3 is 2.38 bits per heavy atom. The number of piperidine rings is 1. The highest BCUT2D eigenvalue weighted by atomic mass is 32.2. The van der Waals surface area contributed by atoms with Crippen molar-refractivity contribution in [3.05, 3.63) is 35.9 Å². The number of amides is 1. The maximum Gasteiger partial charge on any atom is 0.233 e. The van der Waals surface area contributed by atoms with Crippen LogP contribution >= 0.6 is 11.8 Å². The van der Waals surface area contributed by atoms with Crippen LogP contribution in [0.5, 0.6) is 0 Å². The van der Waals surface area contributed by atoms with Gasteiger partial charge in [0.05, 0.1) is 11.8 Å². The highest BCUT2D eigenvalue weighted by molar-refractivity contribution is 7.99. The fourth-order valence-electron chi connectivity index (χ4n) is 4.13. The van der Waals surface area contributed by atoms with Gasteiger partial charge in [0.25, 0.3) is 0 Å². The molecule has 2 fully saturated rings. The average Bonchev–Trinajstić information content (AvgIpc) is 3.43. The third-order valence-electron chi connectivity index (χ3n) is 5.84. The summed E-state index contributed by atoms with van der Waals surface area (Å²) in [4.78, 5) is 16.8. The zero-order valence-corrected chi connectivity index (χ0v) is 17.7. The second-order valence-corrected chi connectivity index (χ2v) is 8.74. The summed E-state index contributed by atoms with van der Waals surface area (Å²) in [6.07, 6.45) is 5.83. The molecule has 0 aliphatic carbocycles. The van der Waals surface area contributed by atoms with E-state index in [-0.39, 0.29) is 17.8 Å². The van der Waals surface area contributed by atoms with Crippen molar-refractivity contribution in [2.75, 3.05) is 31.9 Å². The molecule has 2 aliphatic rings. The summed E-state index contributed by atoms with van der Waals surface area (Å²) in [5.74, 6) is 1.06. The molecule has 29 heavy (non-hydrogen) atoms. The quantitative estimate of drug-likeness (QED) is 0.672. The zero-order chi connectivity index (χ0) is 20.2. The first-order valence-corrected chi connectivity index (χ1v) is 11.5. The number of nitrogens with zero attached hydrogens (tertiary/aromatic N) is 5. The Kier molecular flexibility index (Phi) is 6.50. The lowest BCUT2D eigenvalue weighted by atomic mass is 10.1. The summed E-state index contributed by atoms with van der Waals surface area (Å²) < 4.78 is 15.5. The molecule has 0 N–H and O–H groups in total. The van der Waals surface area contributed by atoms with E-state index in [0.717, 1.165) is 50.5 Å². The van der Waals surface area contributed by atoms with Gasteiger partial charge in [-0.1, -0.05) is 18.2 Å². The molecular formula is C21H28FN5OS. The summed E-state index contributed by atoms with van der Waals surface area (Å²) in [5.41, 5.74) is 0.825. The number of rotatable bonds is 6. The van der Waals surface area contributed by atoms with Gasteiger partial charge < -0.3 is 4.90 Å². The number of carbonyl (C=O) groups is 1. The van der Waals surface area contributed by atoms with E-state index >= 15 is 0 Å². The van der Waals surface area contributed by atoms with E-state index in [9.17, 15) is 9.18 Å². The van der Waals surface area contributed by atoms with Crippen LogP contribution < -0.4 is 0 Å². The van der Waals surface area contributed by atoms with Gasteiger partial charge in [-0.15, -0.1) is 10.2 Å². The predicted molar refractivity (Wildman–Crippen MR) is 112 cm³/mol. The maximum absolute atomic E-state index is 13.5. The Morgan fingerprint density at radius 2 is 1.69 bits per heavy atom. The Morgan fingerprint density at radius 1 is 1.03 bits per heavy atom. The van der Waals surface area contributed by atoms with Crippen LogP contribution in [0.2, 0.25) is 0 Å². The first-order chi connectivity index (χ1) is 14.1. The highest BCUT2D eigenvalue weighted by Crippen LogP contribution is 2.29. The standard InChI is InChI=1S/C21H28FN5OS/c1-16(25-11-3-2-4-12-25)20-23-24-21(27(20)18-9-7-17(22)8-10-18)29-15-19(28)26-13-5-6-14-26/h7-10,16H,2-6,11-15H2,1H3. The molecule has 2 aromatic rings. The zero-order valence-electron chi connectivity index (χ0n) is 16.9. The van der Waals surface area contributed by atoms with Crippen molar-refractivity contribution in [3.63, 3.8) is 0 Å². The van der Waals surface area contributed by atoms with E-state index < -0.39 is 0 Å². The molecule has 0 saturated carbocycles. The number of benzene rings is 1. The summed E-state index contributed by atoms with van der Waals surface area (Å²) in [6.45, 7) is 5.95. The lowest BCUT2D eigenvalue weighted by Crippen LogP contribution is -2.33. The van der Waals surface area contributed by atoms with Crippen molar-refractivity contribution in [3.8, 4) is 5.69 Å². The fraction of sp³-hybridized carbons (Fsp3) is 0.571. The summed E-state index contributed by atoms with van der Waals surface area (Å²) >= 11 is 1.41. The molecule has 1 atom stereocenters. The molecule has 0 spiro atoms. The lowest BCUT2D eigenvalue weighted by Gasteiger charge is -2.31. The van der Waals surface area contributed by atoms with Crippen molar-refractivity contribution in [1.82, 2.24) is 24.6 Å². The van der Waals surface area contributed by atoms with Crippen LogP contribution in [0.25, 0.3) is 5.69 Å². The van der Waals surface area contributed by atoms with Gasteiger partial charge in [0.2, 0.25) is 5.91 Å². The Balaban J connectivity index is 1.59. The topological polar surface area (TPSA) is 54.3 Å². The summed E-state index contributed by atoms with van der Waals surface area (Å²) in [7, 11) is 0. The Bertz CT molecular complexity index is 828. The molecule has 1 amide bonds. The second kappa shape index (κ2) is 9.26. The Labute approximate surface area is 175 Å². The second-order valence-electron chi connectivity index (χ2n) is 7.80.